The van der Waals surface area contributed by atoms with Crippen LogP contribution in [0, 0.1) is 0 Å². The first-order chi connectivity index (χ1) is 15.8. The summed E-state index contributed by atoms with van der Waals surface area (Å²) in [5.74, 6) is -1.71. The normalized spacial score (nSPS) is 13.4. The molecule has 0 radical (unpaired) electrons. The minimum absolute atomic E-state index is 0.131. The van der Waals surface area contributed by atoms with Gasteiger partial charge in [0.25, 0.3) is 20.2 Å². The number of benzene rings is 3. The fraction of sp³-hybridized carbons (Fsp3) is 0.0476. The van der Waals surface area contributed by atoms with Crippen molar-refractivity contribution >= 4 is 48.9 Å². The molecule has 0 amide bonds. The monoisotopic (exact) mass is 503 g/mol. The van der Waals surface area contributed by atoms with Crippen molar-refractivity contribution in [2.75, 3.05) is 11.1 Å². The Balaban J connectivity index is 2.01. The van der Waals surface area contributed by atoms with Crippen molar-refractivity contribution < 1.29 is 35.5 Å². The van der Waals surface area contributed by atoms with Gasteiger partial charge in [0.2, 0.25) is 0 Å². The quantitative estimate of drug-likeness (QED) is 0.196. The molecule has 34 heavy (non-hydrogen) atoms. The van der Waals surface area contributed by atoms with Crippen molar-refractivity contribution in [2.45, 2.75) is 16.3 Å². The zero-order valence-corrected chi connectivity index (χ0v) is 18.8. The molecule has 0 fully saturated rings. The van der Waals surface area contributed by atoms with E-state index < -0.39 is 58.4 Å². The molecular formula is C21H17N3O8S2. The van der Waals surface area contributed by atoms with Crippen molar-refractivity contribution in [1.82, 2.24) is 0 Å². The molecule has 176 valence electrons. The van der Waals surface area contributed by atoms with Gasteiger partial charge in [-0.2, -0.15) is 16.8 Å². The van der Waals surface area contributed by atoms with Crippen LogP contribution in [0.5, 0.6) is 0 Å². The van der Waals surface area contributed by atoms with E-state index in [2.05, 4.69) is 5.32 Å². The van der Waals surface area contributed by atoms with Gasteiger partial charge in [0.05, 0.1) is 27.4 Å². The lowest BCUT2D eigenvalue weighted by atomic mass is 9.82. The van der Waals surface area contributed by atoms with Gasteiger partial charge in [-0.3, -0.25) is 18.7 Å². The maximum Gasteiger partial charge on any atom is 0.296 e. The van der Waals surface area contributed by atoms with Crippen molar-refractivity contribution in [2.24, 2.45) is 5.73 Å². The number of hydrogen-bond acceptors (Lipinski definition) is 9. The van der Waals surface area contributed by atoms with E-state index in [0.29, 0.717) is 5.69 Å². The number of nitrogen functional groups attached to an aromatic ring is 1. The Hall–Kier alpha value is -3.62. The van der Waals surface area contributed by atoms with Crippen LogP contribution in [0.3, 0.4) is 0 Å². The Kier molecular flexibility index (Phi) is 5.54. The van der Waals surface area contributed by atoms with Gasteiger partial charge in [-0.05, 0) is 42.0 Å². The molecule has 11 nitrogen and oxygen atoms in total. The number of anilines is 3. The molecule has 3 aromatic carbocycles. The lowest BCUT2D eigenvalue weighted by Crippen LogP contribution is -2.25. The van der Waals surface area contributed by atoms with Gasteiger partial charge in [-0.15, -0.1) is 0 Å². The average molecular weight is 504 g/mol. The molecule has 4 rings (SSSR count). The van der Waals surface area contributed by atoms with Gasteiger partial charge >= 0.3 is 0 Å². The molecular weight excluding hydrogens is 486 g/mol. The second-order valence-corrected chi connectivity index (χ2v) is 10.2. The van der Waals surface area contributed by atoms with E-state index in [1.165, 1.54) is 0 Å². The SMILES string of the molecule is NCc1cccc(Nc2cc(S(=O)(=O)O)c(N)c3c2C(=O)c2ccc(S(=O)(=O)O)cc2C3=O)c1. The van der Waals surface area contributed by atoms with E-state index >= 15 is 0 Å². The highest BCUT2D eigenvalue weighted by molar-refractivity contribution is 7.86. The van der Waals surface area contributed by atoms with Gasteiger partial charge in [-0.1, -0.05) is 12.1 Å². The van der Waals surface area contributed by atoms with E-state index in [1.54, 1.807) is 24.3 Å². The molecule has 0 aromatic heterocycles. The molecule has 0 bridgehead atoms. The van der Waals surface area contributed by atoms with Crippen LogP contribution in [-0.2, 0) is 26.8 Å². The first-order valence-electron chi connectivity index (χ1n) is 9.54. The summed E-state index contributed by atoms with van der Waals surface area (Å²) in [6, 6.07) is 10.4. The fourth-order valence-electron chi connectivity index (χ4n) is 3.73. The number of rotatable bonds is 5. The van der Waals surface area contributed by atoms with Crippen LogP contribution >= 0.6 is 0 Å². The summed E-state index contributed by atoms with van der Waals surface area (Å²) < 4.78 is 66.0. The summed E-state index contributed by atoms with van der Waals surface area (Å²) in [4.78, 5) is 25.2. The van der Waals surface area contributed by atoms with E-state index in [9.17, 15) is 35.5 Å². The second-order valence-electron chi connectivity index (χ2n) is 7.43. The minimum Gasteiger partial charge on any atom is -0.397 e. The third-order valence-electron chi connectivity index (χ3n) is 5.28. The molecule has 1 aliphatic carbocycles. The van der Waals surface area contributed by atoms with Crippen LogP contribution in [0.2, 0.25) is 0 Å². The highest BCUT2D eigenvalue weighted by atomic mass is 32.2. The second kappa shape index (κ2) is 8.00. The molecule has 0 saturated heterocycles. The Labute approximate surface area is 193 Å². The summed E-state index contributed by atoms with van der Waals surface area (Å²) in [6.07, 6.45) is 0. The van der Waals surface area contributed by atoms with Crippen LogP contribution in [-0.4, -0.2) is 37.5 Å². The molecule has 0 unspecified atom stereocenters. The number of nitrogens with two attached hydrogens (primary N) is 2. The van der Waals surface area contributed by atoms with Gasteiger partial charge in [-0.25, -0.2) is 0 Å². The minimum atomic E-state index is -4.93. The van der Waals surface area contributed by atoms with Crippen molar-refractivity contribution in [3.8, 4) is 0 Å². The van der Waals surface area contributed by atoms with Gasteiger partial charge in [0.1, 0.15) is 4.90 Å². The first kappa shape index (κ1) is 23.5. The third kappa shape index (κ3) is 3.95. The van der Waals surface area contributed by atoms with Gasteiger partial charge in [0, 0.05) is 23.4 Å². The summed E-state index contributed by atoms with van der Waals surface area (Å²) in [5, 5.41) is 2.87. The average Bonchev–Trinajstić information content (AvgIpc) is 2.76. The van der Waals surface area contributed by atoms with E-state index in [1.807, 2.05) is 0 Å². The molecule has 3 aromatic rings. The number of carbonyl (C=O) groups is 2. The molecule has 0 spiro atoms. The van der Waals surface area contributed by atoms with Crippen molar-refractivity contribution in [3.05, 3.63) is 76.3 Å². The van der Waals surface area contributed by atoms with Gasteiger partial charge in [0.15, 0.2) is 11.6 Å². The van der Waals surface area contributed by atoms with E-state index in [-0.39, 0.29) is 23.4 Å². The number of hydrogen-bond donors (Lipinski definition) is 5. The highest BCUT2D eigenvalue weighted by Crippen LogP contribution is 2.40. The first-order valence-corrected chi connectivity index (χ1v) is 12.4. The van der Waals surface area contributed by atoms with Crippen LogP contribution in [0.25, 0.3) is 0 Å². The number of fused-ring (bicyclic) bond motifs is 2. The van der Waals surface area contributed by atoms with E-state index in [0.717, 1.165) is 29.8 Å². The van der Waals surface area contributed by atoms with Crippen LogP contribution < -0.4 is 16.8 Å². The van der Waals surface area contributed by atoms with Crippen molar-refractivity contribution in [1.29, 1.82) is 0 Å². The molecule has 0 saturated carbocycles. The summed E-state index contributed by atoms with van der Waals surface area (Å²) in [7, 11) is -9.63. The molecule has 13 heteroatoms. The van der Waals surface area contributed by atoms with Crippen LogP contribution in [0.15, 0.2) is 58.3 Å². The standard InChI is InChI=1S/C21H17N3O8S2/c22-9-10-2-1-3-11(6-10)24-15-8-16(34(30,31)32)19(23)18-17(15)20(25)13-5-4-12(33(27,28)29)7-14(13)21(18)26/h1-8,24H,9,22-23H2,(H,27,28,29)(H,30,31,32). The Morgan fingerprint density at radius 2 is 1.50 bits per heavy atom. The van der Waals surface area contributed by atoms with E-state index in [4.69, 9.17) is 11.5 Å². The molecule has 0 aliphatic heterocycles. The number of ketones is 2. The molecule has 0 atom stereocenters. The Bertz CT molecular complexity index is 1610. The molecule has 1 aliphatic rings. The number of nitrogens with one attached hydrogen (secondary N) is 1. The van der Waals surface area contributed by atoms with Gasteiger partial charge < -0.3 is 16.8 Å². The predicted octanol–water partition coefficient (Wildman–Crippen LogP) is 1.74. The topological polar surface area (TPSA) is 207 Å². The summed E-state index contributed by atoms with van der Waals surface area (Å²) in [6.45, 7) is 0.201. The zero-order chi connectivity index (χ0) is 25.0. The smallest absolute Gasteiger partial charge is 0.296 e. The number of carbonyl (C=O) groups excluding carboxylic acids is 2. The zero-order valence-electron chi connectivity index (χ0n) is 17.1. The maximum atomic E-state index is 13.4. The highest BCUT2D eigenvalue weighted by Gasteiger charge is 2.37. The lowest BCUT2D eigenvalue weighted by Gasteiger charge is -2.24. The fourth-order valence-corrected chi connectivity index (χ4v) is 4.88. The van der Waals surface area contributed by atoms with Crippen LogP contribution in [0.4, 0.5) is 17.1 Å². The predicted molar refractivity (Wildman–Crippen MR) is 121 cm³/mol. The third-order valence-corrected chi connectivity index (χ3v) is 7.02. The maximum absolute atomic E-state index is 13.4. The molecule has 7 N–H and O–H groups in total. The van der Waals surface area contributed by atoms with Crippen LogP contribution in [0.1, 0.15) is 37.4 Å². The lowest BCUT2D eigenvalue weighted by molar-refractivity contribution is 0.0980. The Morgan fingerprint density at radius 1 is 0.824 bits per heavy atom. The summed E-state index contributed by atoms with van der Waals surface area (Å²) in [5.41, 5.74) is 10.5. The Morgan fingerprint density at radius 3 is 2.12 bits per heavy atom. The largest absolute Gasteiger partial charge is 0.397 e. The summed E-state index contributed by atoms with van der Waals surface area (Å²) >= 11 is 0. The molecule has 0 heterocycles. The van der Waals surface area contributed by atoms with Crippen molar-refractivity contribution in [3.63, 3.8) is 0 Å².